The second-order valence-corrected chi connectivity index (χ2v) is 7.18. The quantitative estimate of drug-likeness (QED) is 0.723. The molecule has 0 aliphatic carbocycles. The predicted molar refractivity (Wildman–Crippen MR) is 100 cm³/mol. The molecular formula is C21H26N2O. The van der Waals surface area contributed by atoms with E-state index in [0.717, 1.165) is 13.1 Å². The first-order chi connectivity index (χ1) is 11.5. The van der Waals surface area contributed by atoms with Gasteiger partial charge in [-0.05, 0) is 38.0 Å². The molecule has 2 aromatic carbocycles. The van der Waals surface area contributed by atoms with Crippen LogP contribution < -0.4 is 5.32 Å². The summed E-state index contributed by atoms with van der Waals surface area (Å²) in [5.41, 5.74) is 4.83. The van der Waals surface area contributed by atoms with Gasteiger partial charge in [-0.2, -0.15) is 0 Å². The van der Waals surface area contributed by atoms with Crippen molar-refractivity contribution in [2.75, 3.05) is 6.61 Å². The summed E-state index contributed by atoms with van der Waals surface area (Å²) in [6.07, 6.45) is 2.23. The number of aryl methyl sites for hydroxylation is 1. The monoisotopic (exact) mass is 322 g/mol. The summed E-state index contributed by atoms with van der Waals surface area (Å²) in [4.78, 5) is 0. The Hall–Kier alpha value is -2.10. The number of aromatic nitrogens is 1. The molecule has 0 radical (unpaired) electrons. The van der Waals surface area contributed by atoms with E-state index in [2.05, 4.69) is 71.5 Å². The van der Waals surface area contributed by atoms with Crippen LogP contribution in [-0.4, -0.2) is 21.8 Å². The van der Waals surface area contributed by atoms with Gasteiger partial charge in [0.25, 0.3) is 0 Å². The molecule has 1 aromatic heterocycles. The molecule has 0 aliphatic heterocycles. The molecule has 126 valence electrons. The van der Waals surface area contributed by atoms with E-state index in [9.17, 15) is 5.11 Å². The fourth-order valence-corrected chi connectivity index (χ4v) is 2.99. The third-order valence-corrected chi connectivity index (χ3v) is 4.46. The lowest BCUT2D eigenvalue weighted by Crippen LogP contribution is -2.42. The molecule has 24 heavy (non-hydrogen) atoms. The zero-order valence-electron chi connectivity index (χ0n) is 14.7. The molecule has 0 amide bonds. The Morgan fingerprint density at radius 3 is 2.62 bits per heavy atom. The maximum absolute atomic E-state index is 9.44. The van der Waals surface area contributed by atoms with Crippen LogP contribution in [0.15, 0.2) is 54.7 Å². The van der Waals surface area contributed by atoms with Crippen LogP contribution in [-0.2, 0) is 13.1 Å². The molecular weight excluding hydrogens is 296 g/mol. The summed E-state index contributed by atoms with van der Waals surface area (Å²) in [5, 5.41) is 14.2. The molecule has 0 unspecified atom stereocenters. The minimum absolute atomic E-state index is 0.120. The van der Waals surface area contributed by atoms with Crippen molar-refractivity contribution in [3.05, 3.63) is 71.4 Å². The largest absolute Gasteiger partial charge is 0.394 e. The average Bonchev–Trinajstić information content (AvgIpc) is 2.91. The Morgan fingerprint density at radius 1 is 1.08 bits per heavy atom. The topological polar surface area (TPSA) is 37.2 Å². The number of nitrogens with one attached hydrogen (secondary N) is 1. The smallest absolute Gasteiger partial charge is 0.0607 e. The van der Waals surface area contributed by atoms with Gasteiger partial charge in [0, 0.05) is 35.7 Å². The minimum Gasteiger partial charge on any atom is -0.394 e. The summed E-state index contributed by atoms with van der Waals surface area (Å²) >= 11 is 0. The molecule has 3 heteroatoms. The molecule has 3 aromatic rings. The third kappa shape index (κ3) is 3.69. The molecule has 0 saturated carbocycles. The van der Waals surface area contributed by atoms with Crippen molar-refractivity contribution in [2.45, 2.75) is 39.4 Å². The van der Waals surface area contributed by atoms with E-state index in [-0.39, 0.29) is 12.1 Å². The molecule has 3 rings (SSSR count). The Balaban J connectivity index is 1.91. The van der Waals surface area contributed by atoms with Gasteiger partial charge in [-0.1, -0.05) is 48.0 Å². The maximum Gasteiger partial charge on any atom is 0.0607 e. The van der Waals surface area contributed by atoms with Crippen LogP contribution in [0.2, 0.25) is 0 Å². The van der Waals surface area contributed by atoms with Crippen molar-refractivity contribution in [1.29, 1.82) is 0 Å². The second-order valence-electron chi connectivity index (χ2n) is 7.18. The van der Waals surface area contributed by atoms with Crippen molar-refractivity contribution < 1.29 is 5.11 Å². The normalized spacial score (nSPS) is 12.0. The SMILES string of the molecule is Cc1cccc(Cn2cc(CNC(C)(C)CO)c3ccccc32)c1. The number of rotatable bonds is 6. The molecule has 0 aliphatic rings. The Morgan fingerprint density at radius 2 is 1.88 bits per heavy atom. The lowest BCUT2D eigenvalue weighted by Gasteiger charge is -2.23. The fraction of sp³-hybridized carbons (Fsp3) is 0.333. The molecule has 0 spiro atoms. The first-order valence-corrected chi connectivity index (χ1v) is 8.47. The van der Waals surface area contributed by atoms with E-state index < -0.39 is 0 Å². The van der Waals surface area contributed by atoms with E-state index >= 15 is 0 Å². The third-order valence-electron chi connectivity index (χ3n) is 4.46. The molecule has 0 saturated heterocycles. The van der Waals surface area contributed by atoms with Gasteiger partial charge in [-0.25, -0.2) is 0 Å². The van der Waals surface area contributed by atoms with Crippen molar-refractivity contribution in [3.8, 4) is 0 Å². The number of para-hydroxylation sites is 1. The molecule has 0 fully saturated rings. The minimum atomic E-state index is -0.278. The van der Waals surface area contributed by atoms with Gasteiger partial charge in [0.2, 0.25) is 0 Å². The number of benzene rings is 2. The van der Waals surface area contributed by atoms with Crippen LogP contribution in [0.5, 0.6) is 0 Å². The molecule has 0 atom stereocenters. The summed E-state index contributed by atoms with van der Waals surface area (Å²) in [5.74, 6) is 0. The highest BCUT2D eigenvalue weighted by molar-refractivity contribution is 5.84. The molecule has 2 N–H and O–H groups in total. The number of nitrogens with zero attached hydrogens (tertiary/aromatic N) is 1. The van der Waals surface area contributed by atoms with Crippen LogP contribution >= 0.6 is 0 Å². The van der Waals surface area contributed by atoms with E-state index in [4.69, 9.17) is 0 Å². The highest BCUT2D eigenvalue weighted by atomic mass is 16.3. The lowest BCUT2D eigenvalue weighted by molar-refractivity contribution is 0.187. The van der Waals surface area contributed by atoms with Gasteiger partial charge in [0.15, 0.2) is 0 Å². The Bertz CT molecular complexity index is 833. The van der Waals surface area contributed by atoms with Gasteiger partial charge in [0.1, 0.15) is 0 Å². The van der Waals surface area contributed by atoms with Gasteiger partial charge in [0.05, 0.1) is 6.61 Å². The van der Waals surface area contributed by atoms with Crippen LogP contribution in [0, 0.1) is 6.92 Å². The molecule has 3 nitrogen and oxygen atoms in total. The number of aliphatic hydroxyl groups is 1. The number of fused-ring (bicyclic) bond motifs is 1. The summed E-state index contributed by atoms with van der Waals surface area (Å²) in [6, 6.07) is 17.2. The first-order valence-electron chi connectivity index (χ1n) is 8.47. The number of aliphatic hydroxyl groups excluding tert-OH is 1. The second kappa shape index (κ2) is 6.80. The van der Waals surface area contributed by atoms with Crippen LogP contribution in [0.1, 0.15) is 30.5 Å². The zero-order chi connectivity index (χ0) is 17.2. The first kappa shape index (κ1) is 16.7. The van der Waals surface area contributed by atoms with E-state index in [1.165, 1.54) is 27.6 Å². The Kier molecular flexibility index (Phi) is 4.74. The lowest BCUT2D eigenvalue weighted by atomic mass is 10.1. The summed E-state index contributed by atoms with van der Waals surface area (Å²) < 4.78 is 2.31. The Labute approximate surface area is 143 Å². The van der Waals surface area contributed by atoms with Gasteiger partial charge in [-0.15, -0.1) is 0 Å². The standard InChI is InChI=1S/C21H26N2O/c1-16-7-6-8-17(11-16)13-23-14-18(12-22-21(2,3)15-24)19-9-4-5-10-20(19)23/h4-11,14,22,24H,12-13,15H2,1-3H3. The summed E-state index contributed by atoms with van der Waals surface area (Å²) in [7, 11) is 0. The van der Waals surface area contributed by atoms with Gasteiger partial charge >= 0.3 is 0 Å². The fourth-order valence-electron chi connectivity index (χ4n) is 2.99. The van der Waals surface area contributed by atoms with Crippen LogP contribution in [0.25, 0.3) is 10.9 Å². The van der Waals surface area contributed by atoms with E-state index in [0.29, 0.717) is 0 Å². The number of hydrogen-bond acceptors (Lipinski definition) is 2. The summed E-state index contributed by atoms with van der Waals surface area (Å²) in [6.45, 7) is 7.89. The van der Waals surface area contributed by atoms with E-state index in [1.54, 1.807) is 0 Å². The molecule has 1 heterocycles. The molecule has 0 bridgehead atoms. The zero-order valence-corrected chi connectivity index (χ0v) is 14.7. The maximum atomic E-state index is 9.44. The number of hydrogen-bond donors (Lipinski definition) is 2. The van der Waals surface area contributed by atoms with Crippen LogP contribution in [0.4, 0.5) is 0 Å². The van der Waals surface area contributed by atoms with Gasteiger partial charge in [-0.3, -0.25) is 0 Å². The van der Waals surface area contributed by atoms with Crippen molar-refractivity contribution in [1.82, 2.24) is 9.88 Å². The van der Waals surface area contributed by atoms with Crippen molar-refractivity contribution >= 4 is 10.9 Å². The van der Waals surface area contributed by atoms with Crippen LogP contribution in [0.3, 0.4) is 0 Å². The van der Waals surface area contributed by atoms with E-state index in [1.807, 2.05) is 13.8 Å². The highest BCUT2D eigenvalue weighted by Gasteiger charge is 2.16. The van der Waals surface area contributed by atoms with Crippen molar-refractivity contribution in [3.63, 3.8) is 0 Å². The average molecular weight is 322 g/mol. The van der Waals surface area contributed by atoms with Gasteiger partial charge < -0.3 is 15.0 Å². The van der Waals surface area contributed by atoms with Crippen molar-refractivity contribution in [2.24, 2.45) is 0 Å². The highest BCUT2D eigenvalue weighted by Crippen LogP contribution is 2.23. The predicted octanol–water partition coefficient (Wildman–Crippen LogP) is 3.86.